The molecule has 0 radical (unpaired) electrons. The zero-order valence-electron chi connectivity index (χ0n) is 25.3. The van der Waals surface area contributed by atoms with Gasteiger partial charge in [0.1, 0.15) is 11.2 Å². The van der Waals surface area contributed by atoms with Crippen molar-refractivity contribution in [1.82, 2.24) is 10.6 Å². The summed E-state index contributed by atoms with van der Waals surface area (Å²) in [6.45, 7) is 12.0. The Labute approximate surface area is 279 Å². The fourth-order valence-electron chi connectivity index (χ4n) is 4.01. The second-order valence-electron chi connectivity index (χ2n) is 12.1. The minimum atomic E-state index is -0.544. The fourth-order valence-corrected chi connectivity index (χ4v) is 4.80. The van der Waals surface area contributed by atoms with Gasteiger partial charge < -0.3 is 25.0 Å². The predicted octanol–water partition coefficient (Wildman–Crippen LogP) is 7.15. The number of ether oxygens (including phenoxy) is 2. The molecular formula is C31H40Br3N3O6. The second kappa shape index (κ2) is 16.6. The van der Waals surface area contributed by atoms with Gasteiger partial charge in [0.15, 0.2) is 0 Å². The van der Waals surface area contributed by atoms with E-state index in [0.29, 0.717) is 25.9 Å². The third kappa shape index (κ3) is 15.2. The van der Waals surface area contributed by atoms with Gasteiger partial charge in [-0.05, 0) is 96.0 Å². The SMILES string of the molecule is Brc1ccc(Br)cc1.CC(C)(C)OC(=O)C[C@H]1CNC(=O)C1.CC(C)(C)OC(=O)N[C@@H]1CC(=O)N(c2ccc(Br)cc2)C1. The van der Waals surface area contributed by atoms with E-state index in [9.17, 15) is 19.2 Å². The molecular weight excluding hydrogens is 750 g/mol. The highest BCUT2D eigenvalue weighted by atomic mass is 79.9. The number of nitrogens with zero attached hydrogens (tertiary/aromatic N) is 1. The standard InChI is InChI=1S/C15H19BrN2O3.C10H17NO3.C6H4Br2/c1-15(2,3)21-14(20)17-11-8-13(19)18(9-11)12-6-4-10(16)5-7-12;1-10(2,3)14-9(13)5-7-4-8(12)11-6-7;7-5-1-2-6(8)4-3-5/h4-7,11H,8-9H2,1-3H3,(H,17,20);7H,4-6H2,1-3H3,(H,11,12);1-4H/t11-;7-;/m10./s1. The maximum Gasteiger partial charge on any atom is 0.407 e. The van der Waals surface area contributed by atoms with E-state index in [1.807, 2.05) is 69.3 Å². The van der Waals surface area contributed by atoms with E-state index in [-0.39, 0.29) is 36.2 Å². The number of hydrogen-bond acceptors (Lipinski definition) is 6. The monoisotopic (exact) mass is 787 g/mol. The molecule has 4 rings (SSSR count). The molecule has 2 fully saturated rings. The molecule has 2 atom stereocenters. The summed E-state index contributed by atoms with van der Waals surface area (Å²) in [5.41, 5.74) is -0.151. The van der Waals surface area contributed by atoms with Crippen LogP contribution in [0.15, 0.2) is 61.9 Å². The van der Waals surface area contributed by atoms with Gasteiger partial charge in [0.2, 0.25) is 11.8 Å². The van der Waals surface area contributed by atoms with Crippen LogP contribution in [0, 0.1) is 5.92 Å². The van der Waals surface area contributed by atoms with Crippen LogP contribution in [-0.4, -0.2) is 54.2 Å². The van der Waals surface area contributed by atoms with Crippen molar-refractivity contribution in [2.24, 2.45) is 5.92 Å². The summed E-state index contributed by atoms with van der Waals surface area (Å²) >= 11 is 10.0. The number of carbonyl (C=O) groups is 4. The van der Waals surface area contributed by atoms with Crippen molar-refractivity contribution in [3.8, 4) is 0 Å². The molecule has 3 amide bonds. The van der Waals surface area contributed by atoms with Crippen LogP contribution >= 0.6 is 47.8 Å². The average molecular weight is 790 g/mol. The Morgan fingerprint density at radius 3 is 1.77 bits per heavy atom. The summed E-state index contributed by atoms with van der Waals surface area (Å²) in [6, 6.07) is 15.3. The number of esters is 1. The Bertz CT molecular complexity index is 1220. The smallest absolute Gasteiger partial charge is 0.407 e. The molecule has 2 aliphatic rings. The van der Waals surface area contributed by atoms with Crippen LogP contribution in [0.25, 0.3) is 0 Å². The van der Waals surface area contributed by atoms with Crippen LogP contribution in [0.4, 0.5) is 10.5 Å². The summed E-state index contributed by atoms with van der Waals surface area (Å²) in [4.78, 5) is 47.7. The molecule has 12 heteroatoms. The van der Waals surface area contributed by atoms with Crippen molar-refractivity contribution in [2.75, 3.05) is 18.0 Å². The highest BCUT2D eigenvalue weighted by Gasteiger charge is 2.32. The normalized spacial score (nSPS) is 18.0. The van der Waals surface area contributed by atoms with Gasteiger partial charge in [-0.1, -0.05) is 47.8 Å². The van der Waals surface area contributed by atoms with Crippen molar-refractivity contribution in [3.63, 3.8) is 0 Å². The van der Waals surface area contributed by atoms with E-state index in [1.54, 1.807) is 25.7 Å². The lowest BCUT2D eigenvalue weighted by Gasteiger charge is -2.22. The number of alkyl carbamates (subject to hydrolysis) is 1. The number of benzene rings is 2. The lowest BCUT2D eigenvalue weighted by Crippen LogP contribution is -2.40. The Hall–Kier alpha value is -2.44. The number of hydrogen-bond donors (Lipinski definition) is 2. The van der Waals surface area contributed by atoms with Crippen molar-refractivity contribution < 1.29 is 28.7 Å². The van der Waals surface area contributed by atoms with Crippen LogP contribution in [0.2, 0.25) is 0 Å². The molecule has 2 aromatic rings. The summed E-state index contributed by atoms with van der Waals surface area (Å²) < 4.78 is 13.5. The van der Waals surface area contributed by atoms with Gasteiger partial charge in [-0.15, -0.1) is 0 Å². The first-order valence-electron chi connectivity index (χ1n) is 13.9. The minimum Gasteiger partial charge on any atom is -0.460 e. The van der Waals surface area contributed by atoms with E-state index in [0.717, 1.165) is 19.1 Å². The average Bonchev–Trinajstić information content (AvgIpc) is 3.44. The predicted molar refractivity (Wildman–Crippen MR) is 178 cm³/mol. The first-order valence-corrected chi connectivity index (χ1v) is 16.2. The highest BCUT2D eigenvalue weighted by molar-refractivity contribution is 9.11. The molecule has 236 valence electrons. The largest absolute Gasteiger partial charge is 0.460 e. The molecule has 0 bridgehead atoms. The molecule has 2 N–H and O–H groups in total. The molecule has 9 nitrogen and oxygen atoms in total. The lowest BCUT2D eigenvalue weighted by molar-refractivity contribution is -0.155. The van der Waals surface area contributed by atoms with Gasteiger partial charge in [0, 0.05) is 45.0 Å². The quantitative estimate of drug-likeness (QED) is 0.319. The van der Waals surface area contributed by atoms with E-state index in [2.05, 4.69) is 58.4 Å². The number of halogens is 3. The number of nitrogens with one attached hydrogen (secondary N) is 2. The molecule has 2 heterocycles. The van der Waals surface area contributed by atoms with Crippen LogP contribution in [0.5, 0.6) is 0 Å². The Morgan fingerprint density at radius 2 is 1.33 bits per heavy atom. The summed E-state index contributed by atoms with van der Waals surface area (Å²) in [5.74, 6) is -0.0895. The molecule has 0 saturated carbocycles. The molecule has 0 aromatic heterocycles. The molecule has 0 aliphatic carbocycles. The van der Waals surface area contributed by atoms with Gasteiger partial charge in [-0.3, -0.25) is 14.4 Å². The third-order valence-electron chi connectivity index (χ3n) is 5.73. The second-order valence-corrected chi connectivity index (χ2v) is 14.9. The zero-order chi connectivity index (χ0) is 32.4. The topological polar surface area (TPSA) is 114 Å². The maximum absolute atomic E-state index is 12.1. The van der Waals surface area contributed by atoms with E-state index in [1.165, 1.54) is 0 Å². The van der Waals surface area contributed by atoms with Crippen LogP contribution in [0.1, 0.15) is 60.8 Å². The summed E-state index contributed by atoms with van der Waals surface area (Å²) in [7, 11) is 0. The van der Waals surface area contributed by atoms with Crippen LogP contribution in [-0.2, 0) is 23.9 Å². The first-order chi connectivity index (χ1) is 19.9. The van der Waals surface area contributed by atoms with Crippen molar-refractivity contribution in [2.45, 2.75) is 78.0 Å². The number of carbonyl (C=O) groups excluding carboxylic acids is 4. The van der Waals surface area contributed by atoms with Crippen molar-refractivity contribution >= 4 is 77.4 Å². The van der Waals surface area contributed by atoms with Gasteiger partial charge in [0.25, 0.3) is 0 Å². The first kappa shape index (κ1) is 36.8. The van der Waals surface area contributed by atoms with E-state index >= 15 is 0 Å². The number of amides is 3. The van der Waals surface area contributed by atoms with Gasteiger partial charge in [-0.2, -0.15) is 0 Å². The minimum absolute atomic E-state index is 0.00150. The van der Waals surface area contributed by atoms with Gasteiger partial charge >= 0.3 is 12.1 Å². The van der Waals surface area contributed by atoms with Crippen LogP contribution in [0.3, 0.4) is 0 Å². The van der Waals surface area contributed by atoms with E-state index in [4.69, 9.17) is 9.47 Å². The zero-order valence-corrected chi connectivity index (χ0v) is 30.1. The fraction of sp³-hybridized carbons (Fsp3) is 0.484. The summed E-state index contributed by atoms with van der Waals surface area (Å²) in [6.07, 6.45) is 0.572. The van der Waals surface area contributed by atoms with E-state index < -0.39 is 17.3 Å². The Balaban J connectivity index is 0.000000251. The Kier molecular flexibility index (Phi) is 14.2. The molecule has 43 heavy (non-hydrogen) atoms. The molecule has 2 aliphatic heterocycles. The van der Waals surface area contributed by atoms with Gasteiger partial charge in [-0.25, -0.2) is 4.79 Å². The maximum atomic E-state index is 12.1. The number of anilines is 1. The molecule has 0 unspecified atom stereocenters. The summed E-state index contributed by atoms with van der Waals surface area (Å²) in [5, 5.41) is 5.44. The van der Waals surface area contributed by atoms with Crippen molar-refractivity contribution in [3.05, 3.63) is 61.9 Å². The Morgan fingerprint density at radius 1 is 0.837 bits per heavy atom. The van der Waals surface area contributed by atoms with Gasteiger partial charge in [0.05, 0.1) is 12.5 Å². The molecule has 2 aromatic carbocycles. The third-order valence-corrected chi connectivity index (χ3v) is 7.31. The molecule has 2 saturated heterocycles. The van der Waals surface area contributed by atoms with Crippen molar-refractivity contribution in [1.29, 1.82) is 0 Å². The molecule has 0 spiro atoms. The van der Waals surface area contributed by atoms with Crippen LogP contribution < -0.4 is 15.5 Å². The highest BCUT2D eigenvalue weighted by Crippen LogP contribution is 2.24. The lowest BCUT2D eigenvalue weighted by atomic mass is 10.0. The number of rotatable bonds is 4.